The maximum absolute atomic E-state index is 11.8. The number of hydrogen-bond donors (Lipinski definition) is 2. The van der Waals surface area contributed by atoms with Crippen LogP contribution < -0.4 is 11.1 Å². The first-order valence-corrected chi connectivity index (χ1v) is 7.50. The van der Waals surface area contributed by atoms with Gasteiger partial charge < -0.3 is 20.5 Å². The summed E-state index contributed by atoms with van der Waals surface area (Å²) in [4.78, 5) is 11.8. The van der Waals surface area contributed by atoms with Gasteiger partial charge in [0.2, 0.25) is 5.91 Å². The average Bonchev–Trinajstić information content (AvgIpc) is 2.62. The maximum atomic E-state index is 11.8. The molecule has 1 aliphatic carbocycles. The van der Waals surface area contributed by atoms with Crippen LogP contribution in [0.2, 0.25) is 0 Å². The molecule has 3 N–H and O–H groups in total. The van der Waals surface area contributed by atoms with Gasteiger partial charge in [0, 0.05) is 25.3 Å². The monoisotopic (exact) mass is 270 g/mol. The molecule has 0 aromatic heterocycles. The van der Waals surface area contributed by atoms with Crippen molar-refractivity contribution < 1.29 is 14.3 Å². The van der Waals surface area contributed by atoms with Crippen LogP contribution in [0.4, 0.5) is 0 Å². The molecule has 5 heteroatoms. The lowest BCUT2D eigenvalue weighted by Crippen LogP contribution is -2.43. The second-order valence-corrected chi connectivity index (χ2v) is 5.61. The van der Waals surface area contributed by atoms with Gasteiger partial charge in [-0.05, 0) is 25.7 Å². The van der Waals surface area contributed by atoms with Crippen LogP contribution in [0, 0.1) is 0 Å². The minimum Gasteiger partial charge on any atom is -0.381 e. The van der Waals surface area contributed by atoms with E-state index in [0.29, 0.717) is 0 Å². The highest BCUT2D eigenvalue weighted by molar-refractivity contribution is 5.77. The second kappa shape index (κ2) is 7.82. The first-order chi connectivity index (χ1) is 9.25. The Balaban J connectivity index is 1.67. The van der Waals surface area contributed by atoms with E-state index in [4.69, 9.17) is 15.2 Å². The van der Waals surface area contributed by atoms with Gasteiger partial charge in [-0.15, -0.1) is 0 Å². The molecular formula is C14H26N2O3. The Kier molecular flexibility index (Phi) is 6.07. The zero-order valence-corrected chi connectivity index (χ0v) is 11.6. The Bertz CT molecular complexity index is 280. The van der Waals surface area contributed by atoms with Crippen LogP contribution in [0.3, 0.4) is 0 Å². The van der Waals surface area contributed by atoms with E-state index in [-0.39, 0.29) is 30.7 Å². The van der Waals surface area contributed by atoms with Gasteiger partial charge in [-0.3, -0.25) is 4.79 Å². The van der Waals surface area contributed by atoms with E-state index >= 15 is 0 Å². The van der Waals surface area contributed by atoms with E-state index < -0.39 is 0 Å². The van der Waals surface area contributed by atoms with Crippen LogP contribution in [0.15, 0.2) is 0 Å². The highest BCUT2D eigenvalue weighted by Gasteiger charge is 2.22. The molecule has 1 aliphatic heterocycles. The van der Waals surface area contributed by atoms with E-state index in [0.717, 1.165) is 45.3 Å². The van der Waals surface area contributed by atoms with E-state index in [1.807, 2.05) is 0 Å². The molecule has 0 aromatic rings. The molecule has 1 amide bonds. The van der Waals surface area contributed by atoms with Crippen LogP contribution in [-0.4, -0.2) is 43.9 Å². The Hall–Kier alpha value is -0.650. The molecule has 0 radical (unpaired) electrons. The first kappa shape index (κ1) is 14.8. The van der Waals surface area contributed by atoms with Gasteiger partial charge >= 0.3 is 0 Å². The van der Waals surface area contributed by atoms with E-state index in [9.17, 15) is 4.79 Å². The molecular weight excluding hydrogens is 244 g/mol. The van der Waals surface area contributed by atoms with Crippen LogP contribution in [0.5, 0.6) is 0 Å². The van der Waals surface area contributed by atoms with Gasteiger partial charge in [0.15, 0.2) is 0 Å². The van der Waals surface area contributed by atoms with Gasteiger partial charge in [-0.25, -0.2) is 0 Å². The van der Waals surface area contributed by atoms with Crippen molar-refractivity contribution in [3.05, 3.63) is 0 Å². The third-order valence-electron chi connectivity index (χ3n) is 4.02. The van der Waals surface area contributed by atoms with Crippen molar-refractivity contribution in [3.63, 3.8) is 0 Å². The lowest BCUT2D eigenvalue weighted by molar-refractivity contribution is -0.129. The summed E-state index contributed by atoms with van der Waals surface area (Å²) in [6.45, 7) is 1.61. The smallest absolute Gasteiger partial charge is 0.246 e. The van der Waals surface area contributed by atoms with Crippen molar-refractivity contribution in [1.82, 2.24) is 5.32 Å². The fourth-order valence-electron chi connectivity index (χ4n) is 2.80. The van der Waals surface area contributed by atoms with Crippen molar-refractivity contribution in [2.75, 3.05) is 19.8 Å². The molecule has 2 fully saturated rings. The number of amides is 1. The number of carbonyl (C=O) groups is 1. The number of hydrogen-bond acceptors (Lipinski definition) is 4. The normalized spacial score (nSPS) is 29.7. The number of ether oxygens (including phenoxy) is 2. The summed E-state index contributed by atoms with van der Waals surface area (Å²) in [5, 5.41) is 3.00. The van der Waals surface area contributed by atoms with E-state index in [2.05, 4.69) is 5.32 Å². The fourth-order valence-corrected chi connectivity index (χ4v) is 2.80. The summed E-state index contributed by atoms with van der Waals surface area (Å²) in [5.41, 5.74) is 6.08. The van der Waals surface area contributed by atoms with Crippen LogP contribution in [0.25, 0.3) is 0 Å². The van der Waals surface area contributed by atoms with Crippen molar-refractivity contribution in [2.45, 2.75) is 63.1 Å². The Morgan fingerprint density at radius 3 is 2.68 bits per heavy atom. The average molecular weight is 270 g/mol. The van der Waals surface area contributed by atoms with Crippen molar-refractivity contribution in [1.29, 1.82) is 0 Å². The molecule has 19 heavy (non-hydrogen) atoms. The van der Waals surface area contributed by atoms with Crippen molar-refractivity contribution in [2.24, 2.45) is 5.73 Å². The highest BCUT2D eigenvalue weighted by atomic mass is 16.5. The SMILES string of the molecule is NC1CCCCCC1OCC(=O)NC1CCOCC1. The highest BCUT2D eigenvalue weighted by Crippen LogP contribution is 2.19. The quantitative estimate of drug-likeness (QED) is 0.746. The van der Waals surface area contributed by atoms with E-state index in [1.165, 1.54) is 12.8 Å². The van der Waals surface area contributed by atoms with E-state index in [1.54, 1.807) is 0 Å². The molecule has 1 heterocycles. The molecule has 2 rings (SSSR count). The van der Waals surface area contributed by atoms with Crippen LogP contribution >= 0.6 is 0 Å². The molecule has 1 saturated heterocycles. The lowest BCUT2D eigenvalue weighted by atomic mass is 10.1. The van der Waals surface area contributed by atoms with Crippen LogP contribution in [0.1, 0.15) is 44.9 Å². The van der Waals surface area contributed by atoms with Gasteiger partial charge in [-0.2, -0.15) is 0 Å². The summed E-state index contributed by atoms with van der Waals surface area (Å²) in [6, 6.07) is 0.325. The Morgan fingerprint density at radius 1 is 1.16 bits per heavy atom. The Morgan fingerprint density at radius 2 is 1.89 bits per heavy atom. The standard InChI is InChI=1S/C14H26N2O3/c15-12-4-2-1-3-5-13(12)19-10-14(17)16-11-6-8-18-9-7-11/h11-13H,1-10,15H2,(H,16,17). The largest absolute Gasteiger partial charge is 0.381 e. The maximum Gasteiger partial charge on any atom is 0.246 e. The van der Waals surface area contributed by atoms with Gasteiger partial charge in [0.25, 0.3) is 0 Å². The molecule has 0 bridgehead atoms. The Labute approximate surface area is 115 Å². The minimum absolute atomic E-state index is 0.0247. The summed E-state index contributed by atoms with van der Waals surface area (Å²) in [5.74, 6) is -0.0247. The van der Waals surface area contributed by atoms with Gasteiger partial charge in [-0.1, -0.05) is 19.3 Å². The predicted octanol–water partition coefficient (Wildman–Crippen LogP) is 0.958. The lowest BCUT2D eigenvalue weighted by Gasteiger charge is -2.25. The predicted molar refractivity (Wildman–Crippen MR) is 72.8 cm³/mol. The van der Waals surface area contributed by atoms with Crippen molar-refractivity contribution in [3.8, 4) is 0 Å². The summed E-state index contributed by atoms with van der Waals surface area (Å²) >= 11 is 0. The molecule has 2 atom stereocenters. The second-order valence-electron chi connectivity index (χ2n) is 5.61. The number of nitrogens with one attached hydrogen (secondary N) is 1. The molecule has 2 unspecified atom stereocenters. The molecule has 2 aliphatic rings. The molecule has 1 saturated carbocycles. The van der Waals surface area contributed by atoms with Gasteiger partial charge in [0.1, 0.15) is 6.61 Å². The number of nitrogens with two attached hydrogens (primary N) is 1. The number of rotatable bonds is 4. The zero-order valence-electron chi connectivity index (χ0n) is 11.6. The molecule has 110 valence electrons. The summed E-state index contributed by atoms with van der Waals surface area (Å²) in [6.07, 6.45) is 7.38. The number of carbonyl (C=O) groups excluding carboxylic acids is 1. The fraction of sp³-hybridized carbons (Fsp3) is 0.929. The topological polar surface area (TPSA) is 73.6 Å². The van der Waals surface area contributed by atoms with Gasteiger partial charge in [0.05, 0.1) is 6.10 Å². The summed E-state index contributed by atoms with van der Waals surface area (Å²) < 4.78 is 11.0. The molecule has 0 aromatic carbocycles. The first-order valence-electron chi connectivity index (χ1n) is 7.50. The minimum atomic E-state index is -0.0247. The zero-order chi connectivity index (χ0) is 13.5. The third-order valence-corrected chi connectivity index (χ3v) is 4.02. The van der Waals surface area contributed by atoms with Crippen molar-refractivity contribution >= 4 is 5.91 Å². The molecule has 0 spiro atoms. The van der Waals surface area contributed by atoms with Crippen LogP contribution in [-0.2, 0) is 14.3 Å². The molecule has 5 nitrogen and oxygen atoms in total. The third kappa shape index (κ3) is 5.09. The summed E-state index contributed by atoms with van der Waals surface area (Å²) in [7, 11) is 0.